The van der Waals surface area contributed by atoms with Crippen LogP contribution in [0.2, 0.25) is 0 Å². The molecule has 1 heterocycles. The Morgan fingerprint density at radius 3 is 2.36 bits per heavy atom. The van der Waals surface area contributed by atoms with Crippen LogP contribution in [0.1, 0.15) is 27.8 Å². The van der Waals surface area contributed by atoms with E-state index in [-0.39, 0.29) is 28.3 Å². The van der Waals surface area contributed by atoms with E-state index in [1.165, 1.54) is 12.1 Å². The lowest BCUT2D eigenvalue weighted by molar-refractivity contribution is 0.0526. The minimum Gasteiger partial charge on any atom is -0.462 e. The molecule has 0 aliphatic carbocycles. The van der Waals surface area contributed by atoms with Crippen molar-refractivity contribution in [2.24, 2.45) is 0 Å². The number of aldehydes is 1. The Labute approximate surface area is 144 Å². The first kappa shape index (κ1) is 16.9. The number of carbonyl (C=O) groups excluding carboxylic acids is 2. The van der Waals surface area contributed by atoms with E-state index in [4.69, 9.17) is 4.74 Å². The lowest BCUT2D eigenvalue weighted by atomic mass is 10.1. The second kappa shape index (κ2) is 6.52. The predicted octanol–water partition coefficient (Wildman–Crippen LogP) is 2.87. The molecule has 0 saturated heterocycles. The number of hydrogen-bond acceptors (Lipinski definition) is 5. The minimum absolute atomic E-state index is 0.0225. The summed E-state index contributed by atoms with van der Waals surface area (Å²) in [5.74, 6) is -0.734. The third kappa shape index (κ3) is 2.72. The van der Waals surface area contributed by atoms with Crippen molar-refractivity contribution < 1.29 is 22.7 Å². The first-order chi connectivity index (χ1) is 12.0. The molecule has 0 saturated carbocycles. The second-order valence-electron chi connectivity index (χ2n) is 5.20. The van der Waals surface area contributed by atoms with Gasteiger partial charge >= 0.3 is 5.97 Å². The molecule has 3 rings (SSSR count). The molecular formula is C18H15NO5S. The number of para-hydroxylation sites is 1. The molecule has 3 aromatic rings. The molecule has 0 aliphatic heterocycles. The maximum atomic E-state index is 13.1. The van der Waals surface area contributed by atoms with Gasteiger partial charge in [0.15, 0.2) is 6.29 Å². The molecular weight excluding hydrogens is 342 g/mol. The third-order valence-corrected chi connectivity index (χ3v) is 5.48. The number of ether oxygens (including phenoxy) is 1. The highest BCUT2D eigenvalue weighted by molar-refractivity contribution is 7.90. The van der Waals surface area contributed by atoms with Crippen molar-refractivity contribution in [3.05, 3.63) is 65.9 Å². The summed E-state index contributed by atoms with van der Waals surface area (Å²) in [5.41, 5.74) is -0.0491. The lowest BCUT2D eigenvalue weighted by Crippen LogP contribution is -2.17. The van der Waals surface area contributed by atoms with Crippen LogP contribution < -0.4 is 0 Å². The van der Waals surface area contributed by atoms with Crippen LogP contribution in [0.4, 0.5) is 0 Å². The molecule has 0 N–H and O–H groups in total. The standard InChI is InChI=1S/C18H15NO5S/c1-2-24-18(21)17-14-10-6-7-11-15(14)19(16(17)12-20)25(22,23)13-8-4-3-5-9-13/h3-12H,2H2,1H3. The molecule has 6 nitrogen and oxygen atoms in total. The fourth-order valence-corrected chi connectivity index (χ4v) is 4.24. The van der Waals surface area contributed by atoms with Crippen LogP contribution in [0, 0.1) is 0 Å². The Balaban J connectivity index is 2.40. The van der Waals surface area contributed by atoms with Gasteiger partial charge in [-0.05, 0) is 25.1 Å². The number of rotatable bonds is 5. The monoisotopic (exact) mass is 357 g/mol. The summed E-state index contributed by atoms with van der Waals surface area (Å²) < 4.78 is 32.1. The zero-order valence-electron chi connectivity index (χ0n) is 13.4. The molecule has 0 radical (unpaired) electrons. The Kier molecular flexibility index (Phi) is 4.41. The van der Waals surface area contributed by atoms with Gasteiger partial charge in [0.2, 0.25) is 0 Å². The Hall–Kier alpha value is -2.93. The molecule has 2 aromatic carbocycles. The quantitative estimate of drug-likeness (QED) is 0.518. The molecule has 0 aliphatic rings. The van der Waals surface area contributed by atoms with E-state index >= 15 is 0 Å². The molecule has 1 aromatic heterocycles. The number of fused-ring (bicyclic) bond motifs is 1. The molecule has 0 spiro atoms. The average Bonchev–Trinajstić information content (AvgIpc) is 2.97. The highest BCUT2D eigenvalue weighted by atomic mass is 32.2. The average molecular weight is 357 g/mol. The van der Waals surface area contributed by atoms with E-state index in [1.807, 2.05) is 0 Å². The zero-order valence-corrected chi connectivity index (χ0v) is 14.2. The molecule has 0 atom stereocenters. The summed E-state index contributed by atoms with van der Waals surface area (Å²) in [6.07, 6.45) is 0.368. The number of hydrogen-bond donors (Lipinski definition) is 0. The largest absolute Gasteiger partial charge is 0.462 e. The Morgan fingerprint density at radius 2 is 1.72 bits per heavy atom. The van der Waals surface area contributed by atoms with E-state index in [2.05, 4.69) is 0 Å². The fraction of sp³-hybridized carbons (Fsp3) is 0.111. The Bertz CT molecular complexity index is 1050. The molecule has 0 fully saturated rings. The van der Waals surface area contributed by atoms with Gasteiger partial charge in [0, 0.05) is 5.39 Å². The van der Waals surface area contributed by atoms with Crippen LogP contribution >= 0.6 is 0 Å². The van der Waals surface area contributed by atoms with Crippen molar-refractivity contribution in [1.29, 1.82) is 0 Å². The topological polar surface area (TPSA) is 82.4 Å². The Morgan fingerprint density at radius 1 is 1.08 bits per heavy atom. The summed E-state index contributed by atoms with van der Waals surface area (Å²) in [6.45, 7) is 1.75. The zero-order chi connectivity index (χ0) is 18.0. The second-order valence-corrected chi connectivity index (χ2v) is 6.98. The van der Waals surface area contributed by atoms with E-state index in [1.54, 1.807) is 49.4 Å². The highest BCUT2D eigenvalue weighted by Gasteiger charge is 2.29. The smallest absolute Gasteiger partial charge is 0.341 e. The van der Waals surface area contributed by atoms with Crippen molar-refractivity contribution in [2.45, 2.75) is 11.8 Å². The number of esters is 1. The normalized spacial score (nSPS) is 11.4. The van der Waals surface area contributed by atoms with Gasteiger partial charge < -0.3 is 4.74 Å². The van der Waals surface area contributed by atoms with Crippen molar-refractivity contribution in [3.8, 4) is 0 Å². The number of nitrogens with zero attached hydrogens (tertiary/aromatic N) is 1. The SMILES string of the molecule is CCOC(=O)c1c(C=O)n(S(=O)(=O)c2ccccc2)c2ccccc12. The molecule has 128 valence electrons. The molecule has 25 heavy (non-hydrogen) atoms. The van der Waals surface area contributed by atoms with E-state index < -0.39 is 16.0 Å². The van der Waals surface area contributed by atoms with E-state index in [0.29, 0.717) is 11.7 Å². The summed E-state index contributed by atoms with van der Waals surface area (Å²) in [4.78, 5) is 24.1. The minimum atomic E-state index is -4.06. The van der Waals surface area contributed by atoms with Crippen molar-refractivity contribution in [3.63, 3.8) is 0 Å². The van der Waals surface area contributed by atoms with Crippen LogP contribution in [0.25, 0.3) is 10.9 Å². The predicted molar refractivity (Wildman–Crippen MR) is 92.3 cm³/mol. The van der Waals surface area contributed by atoms with Gasteiger partial charge in [-0.3, -0.25) is 4.79 Å². The van der Waals surface area contributed by atoms with Crippen LogP contribution in [-0.4, -0.2) is 31.3 Å². The molecule has 0 unspecified atom stereocenters. The molecule has 0 amide bonds. The number of carbonyl (C=O) groups is 2. The first-order valence-electron chi connectivity index (χ1n) is 7.58. The lowest BCUT2D eigenvalue weighted by Gasteiger charge is -2.09. The van der Waals surface area contributed by atoms with Gasteiger partial charge in [-0.25, -0.2) is 17.2 Å². The third-order valence-electron chi connectivity index (χ3n) is 3.74. The fourth-order valence-electron chi connectivity index (χ4n) is 2.71. The van der Waals surface area contributed by atoms with E-state index in [9.17, 15) is 18.0 Å². The summed E-state index contributed by atoms with van der Waals surface area (Å²) >= 11 is 0. The van der Waals surface area contributed by atoms with Gasteiger partial charge in [0.05, 0.1) is 22.6 Å². The van der Waals surface area contributed by atoms with Gasteiger partial charge in [-0.1, -0.05) is 36.4 Å². The number of benzene rings is 2. The summed E-state index contributed by atoms with van der Waals surface area (Å²) in [6, 6.07) is 14.2. The summed E-state index contributed by atoms with van der Waals surface area (Å²) in [5, 5.41) is 0.350. The number of aromatic nitrogens is 1. The molecule has 0 bridgehead atoms. The maximum Gasteiger partial charge on any atom is 0.341 e. The van der Waals surface area contributed by atoms with Gasteiger partial charge in [0.25, 0.3) is 10.0 Å². The van der Waals surface area contributed by atoms with Gasteiger partial charge in [0.1, 0.15) is 5.69 Å². The van der Waals surface area contributed by atoms with Crippen molar-refractivity contribution >= 4 is 33.2 Å². The van der Waals surface area contributed by atoms with Crippen molar-refractivity contribution in [2.75, 3.05) is 6.61 Å². The summed E-state index contributed by atoms with van der Waals surface area (Å²) in [7, 11) is -4.06. The molecule has 7 heteroatoms. The van der Waals surface area contributed by atoms with Crippen molar-refractivity contribution in [1.82, 2.24) is 3.97 Å². The van der Waals surface area contributed by atoms with Gasteiger partial charge in [-0.2, -0.15) is 0 Å². The van der Waals surface area contributed by atoms with Crippen LogP contribution in [0.5, 0.6) is 0 Å². The first-order valence-corrected chi connectivity index (χ1v) is 9.02. The highest BCUT2D eigenvalue weighted by Crippen LogP contribution is 2.30. The maximum absolute atomic E-state index is 13.1. The van der Waals surface area contributed by atoms with Crippen LogP contribution in [0.15, 0.2) is 59.5 Å². The van der Waals surface area contributed by atoms with E-state index in [0.717, 1.165) is 3.97 Å². The van der Waals surface area contributed by atoms with Crippen LogP contribution in [-0.2, 0) is 14.8 Å². The van der Waals surface area contributed by atoms with Gasteiger partial charge in [-0.15, -0.1) is 0 Å². The van der Waals surface area contributed by atoms with Crippen LogP contribution in [0.3, 0.4) is 0 Å².